The van der Waals surface area contributed by atoms with Crippen molar-refractivity contribution in [1.82, 2.24) is 5.43 Å². The molecule has 4 aromatic rings. The molecule has 0 heterocycles. The highest BCUT2D eigenvalue weighted by Crippen LogP contribution is 2.21. The number of hydrazone groups is 1. The van der Waals surface area contributed by atoms with Crippen molar-refractivity contribution in [2.75, 3.05) is 0 Å². The molecule has 1 amide bonds. The third-order valence-electron chi connectivity index (χ3n) is 5.14. The summed E-state index contributed by atoms with van der Waals surface area (Å²) in [6.45, 7) is 3.58. The second kappa shape index (κ2) is 10.4. The highest BCUT2D eigenvalue weighted by Gasteiger charge is 2.14. The van der Waals surface area contributed by atoms with Crippen LogP contribution in [0, 0.1) is 6.92 Å². The van der Waals surface area contributed by atoms with Crippen molar-refractivity contribution in [2.24, 2.45) is 5.10 Å². The van der Waals surface area contributed by atoms with E-state index in [1.54, 1.807) is 43.3 Å². The molecule has 4 rings (SSSR count). The Balaban J connectivity index is 1.29. The van der Waals surface area contributed by atoms with Crippen LogP contribution in [0.15, 0.2) is 96.1 Å². The van der Waals surface area contributed by atoms with Crippen LogP contribution in [0.2, 0.25) is 0 Å². The zero-order chi connectivity index (χ0) is 23.9. The van der Waals surface area contributed by atoms with Gasteiger partial charge in [-0.15, -0.1) is 0 Å². The number of aryl methyl sites for hydroxylation is 1. The van der Waals surface area contributed by atoms with E-state index in [2.05, 4.69) is 10.5 Å². The molecule has 6 heteroatoms. The third-order valence-corrected chi connectivity index (χ3v) is 5.14. The second-order valence-corrected chi connectivity index (χ2v) is 7.83. The molecule has 1 N–H and O–H groups in total. The van der Waals surface area contributed by atoms with Crippen molar-refractivity contribution in [2.45, 2.75) is 20.0 Å². The monoisotopic (exact) mass is 452 g/mol. The quantitative estimate of drug-likeness (QED) is 0.179. The number of nitrogens with zero attached hydrogens (tertiary/aromatic N) is 1. The molecular formula is C28H24N2O4. The molecule has 0 fully saturated rings. The number of carbonyl (C=O) groups excluding carboxylic acids is 2. The number of fused-ring (bicyclic) bond motifs is 1. The van der Waals surface area contributed by atoms with E-state index in [4.69, 9.17) is 9.47 Å². The van der Waals surface area contributed by atoms with Gasteiger partial charge < -0.3 is 9.47 Å². The lowest BCUT2D eigenvalue weighted by Gasteiger charge is -2.13. The maximum Gasteiger partial charge on any atom is 0.343 e. The molecule has 0 aliphatic carbocycles. The van der Waals surface area contributed by atoms with Crippen molar-refractivity contribution in [1.29, 1.82) is 0 Å². The van der Waals surface area contributed by atoms with Crippen LogP contribution in [0.5, 0.6) is 11.5 Å². The minimum absolute atomic E-state index is 0.367. The van der Waals surface area contributed by atoms with Gasteiger partial charge in [0.15, 0.2) is 6.10 Å². The molecule has 0 unspecified atom stereocenters. The summed E-state index contributed by atoms with van der Waals surface area (Å²) < 4.78 is 11.1. The Kier molecular flexibility index (Phi) is 6.98. The molecule has 0 bridgehead atoms. The Morgan fingerprint density at radius 1 is 0.853 bits per heavy atom. The van der Waals surface area contributed by atoms with Crippen molar-refractivity contribution in [3.63, 3.8) is 0 Å². The first-order valence-corrected chi connectivity index (χ1v) is 10.9. The average Bonchev–Trinajstić information content (AvgIpc) is 2.85. The number of esters is 1. The lowest BCUT2D eigenvalue weighted by Crippen LogP contribution is -2.33. The third kappa shape index (κ3) is 5.86. The van der Waals surface area contributed by atoms with Crippen molar-refractivity contribution in [3.8, 4) is 11.5 Å². The summed E-state index contributed by atoms with van der Waals surface area (Å²) in [5.74, 6) is 0.247. The summed E-state index contributed by atoms with van der Waals surface area (Å²) in [6, 6.07) is 27.7. The smallest absolute Gasteiger partial charge is 0.343 e. The lowest BCUT2D eigenvalue weighted by atomic mass is 10.1. The summed E-state index contributed by atoms with van der Waals surface area (Å²) in [7, 11) is 0. The standard InChI is InChI=1S/C28H24N2O4/c1-19-6-5-9-24(16-19)28(32)34-25-13-10-21(11-14-25)18-29-30-27(31)20(2)33-26-15-12-22-7-3-4-8-23(22)17-26/h3-18,20H,1-2H3,(H,30,31)/b29-18-/t20-/m1/s1. The van der Waals surface area contributed by atoms with Gasteiger partial charge in [0.25, 0.3) is 5.91 Å². The SMILES string of the molecule is Cc1cccc(C(=O)Oc2ccc(/C=N\NC(=O)[C@@H](C)Oc3ccc4ccccc4c3)cc2)c1. The van der Waals surface area contributed by atoms with E-state index in [1.165, 1.54) is 6.21 Å². The van der Waals surface area contributed by atoms with Gasteiger partial charge >= 0.3 is 5.97 Å². The fraction of sp³-hybridized carbons (Fsp3) is 0.107. The molecule has 0 saturated heterocycles. The van der Waals surface area contributed by atoms with Gasteiger partial charge in [-0.2, -0.15) is 5.10 Å². The maximum absolute atomic E-state index is 12.3. The van der Waals surface area contributed by atoms with Gasteiger partial charge in [0.05, 0.1) is 11.8 Å². The van der Waals surface area contributed by atoms with Crippen molar-refractivity contribution in [3.05, 3.63) is 108 Å². The Bertz CT molecular complexity index is 1350. The molecule has 34 heavy (non-hydrogen) atoms. The number of amides is 1. The second-order valence-electron chi connectivity index (χ2n) is 7.83. The van der Waals surface area contributed by atoms with E-state index in [0.717, 1.165) is 21.9 Å². The van der Waals surface area contributed by atoms with Crippen LogP contribution in [-0.2, 0) is 4.79 Å². The summed E-state index contributed by atoms with van der Waals surface area (Å²) in [5.41, 5.74) is 4.70. The first-order chi connectivity index (χ1) is 16.5. The van der Waals surface area contributed by atoms with E-state index < -0.39 is 12.1 Å². The molecule has 1 atom stereocenters. The lowest BCUT2D eigenvalue weighted by molar-refractivity contribution is -0.127. The van der Waals surface area contributed by atoms with Gasteiger partial charge in [0.2, 0.25) is 0 Å². The normalized spacial score (nSPS) is 11.8. The van der Waals surface area contributed by atoms with Crippen LogP contribution < -0.4 is 14.9 Å². The van der Waals surface area contributed by atoms with E-state index >= 15 is 0 Å². The topological polar surface area (TPSA) is 77.0 Å². The highest BCUT2D eigenvalue weighted by molar-refractivity contribution is 5.91. The number of hydrogen-bond donors (Lipinski definition) is 1. The van der Waals surface area contributed by atoms with Crippen LogP contribution in [0.3, 0.4) is 0 Å². The van der Waals surface area contributed by atoms with E-state index in [1.807, 2.05) is 61.5 Å². The summed E-state index contributed by atoms with van der Waals surface area (Å²) in [4.78, 5) is 24.6. The van der Waals surface area contributed by atoms with Crippen LogP contribution in [0.25, 0.3) is 10.8 Å². The molecule has 0 radical (unpaired) electrons. The Labute approximate surface area is 197 Å². The molecular weight excluding hydrogens is 428 g/mol. The fourth-order valence-electron chi connectivity index (χ4n) is 3.32. The highest BCUT2D eigenvalue weighted by atomic mass is 16.5. The van der Waals surface area contributed by atoms with E-state index in [9.17, 15) is 9.59 Å². The zero-order valence-electron chi connectivity index (χ0n) is 18.9. The predicted octanol–water partition coefficient (Wildman–Crippen LogP) is 5.29. The Hall–Kier alpha value is -4.45. The van der Waals surface area contributed by atoms with Gasteiger partial charge in [-0.05, 0) is 78.7 Å². The predicted molar refractivity (Wildman–Crippen MR) is 132 cm³/mol. The van der Waals surface area contributed by atoms with Gasteiger partial charge in [0, 0.05) is 0 Å². The minimum atomic E-state index is -0.721. The maximum atomic E-state index is 12.3. The van der Waals surface area contributed by atoms with Gasteiger partial charge in [0.1, 0.15) is 11.5 Å². The summed E-state index contributed by atoms with van der Waals surface area (Å²) in [5, 5.41) is 6.13. The van der Waals surface area contributed by atoms with Crippen LogP contribution >= 0.6 is 0 Å². The Morgan fingerprint density at radius 2 is 1.59 bits per heavy atom. The van der Waals surface area contributed by atoms with E-state index in [-0.39, 0.29) is 5.91 Å². The van der Waals surface area contributed by atoms with E-state index in [0.29, 0.717) is 17.1 Å². The fourth-order valence-corrected chi connectivity index (χ4v) is 3.32. The Morgan fingerprint density at radius 3 is 2.35 bits per heavy atom. The largest absolute Gasteiger partial charge is 0.481 e. The first kappa shape index (κ1) is 22.7. The molecule has 0 saturated carbocycles. The van der Waals surface area contributed by atoms with Gasteiger partial charge in [-0.25, -0.2) is 10.2 Å². The molecule has 0 spiro atoms. The minimum Gasteiger partial charge on any atom is -0.481 e. The van der Waals surface area contributed by atoms with Crippen LogP contribution in [-0.4, -0.2) is 24.2 Å². The van der Waals surface area contributed by atoms with Gasteiger partial charge in [-0.1, -0.05) is 48.0 Å². The molecule has 0 aliphatic heterocycles. The number of hydrogen-bond acceptors (Lipinski definition) is 5. The van der Waals surface area contributed by atoms with Crippen molar-refractivity contribution >= 4 is 28.9 Å². The summed E-state index contributed by atoms with van der Waals surface area (Å²) >= 11 is 0. The van der Waals surface area contributed by atoms with Crippen molar-refractivity contribution < 1.29 is 19.1 Å². The van der Waals surface area contributed by atoms with Crippen LogP contribution in [0.4, 0.5) is 0 Å². The molecule has 6 nitrogen and oxygen atoms in total. The summed E-state index contributed by atoms with van der Waals surface area (Å²) in [6.07, 6.45) is 0.786. The number of carbonyl (C=O) groups is 2. The number of nitrogens with one attached hydrogen (secondary N) is 1. The molecule has 170 valence electrons. The van der Waals surface area contributed by atoms with Crippen LogP contribution in [0.1, 0.15) is 28.4 Å². The number of rotatable bonds is 7. The molecule has 0 aliphatic rings. The number of ether oxygens (including phenoxy) is 2. The number of benzene rings is 4. The molecule has 4 aromatic carbocycles. The average molecular weight is 453 g/mol. The molecule has 0 aromatic heterocycles. The first-order valence-electron chi connectivity index (χ1n) is 10.9. The van der Waals surface area contributed by atoms with Gasteiger partial charge in [-0.3, -0.25) is 4.79 Å². The zero-order valence-corrected chi connectivity index (χ0v) is 18.9.